The fraction of sp³-hybridized carbons (Fsp3) is 0.625. The van der Waals surface area contributed by atoms with Gasteiger partial charge in [-0.05, 0) is 0 Å². The maximum atomic E-state index is 5.87. The van der Waals surface area contributed by atoms with Crippen LogP contribution in [0.3, 0.4) is 0 Å². The first-order valence-corrected chi connectivity index (χ1v) is 7.35. The summed E-state index contributed by atoms with van der Waals surface area (Å²) in [5.74, 6) is -0.257. The van der Waals surface area contributed by atoms with Gasteiger partial charge in [-0.1, -0.05) is 30.3 Å². The first-order chi connectivity index (χ1) is 9.20. The summed E-state index contributed by atoms with van der Waals surface area (Å²) in [6.07, 6.45) is 3.26. The molecule has 3 rings (SSSR count). The van der Waals surface area contributed by atoms with Gasteiger partial charge >= 0.3 is 0 Å². The van der Waals surface area contributed by atoms with Crippen molar-refractivity contribution in [3.05, 3.63) is 35.9 Å². The van der Waals surface area contributed by atoms with Gasteiger partial charge in [-0.15, -0.1) is 0 Å². The van der Waals surface area contributed by atoms with E-state index in [9.17, 15) is 0 Å². The van der Waals surface area contributed by atoms with Gasteiger partial charge in [0.1, 0.15) is 6.54 Å². The van der Waals surface area contributed by atoms with Crippen molar-refractivity contribution < 1.29 is 14.0 Å². The number of hydrogen-bond donors (Lipinski definition) is 0. The van der Waals surface area contributed by atoms with Crippen LogP contribution in [0, 0.1) is 0 Å². The van der Waals surface area contributed by atoms with Crippen molar-refractivity contribution >= 4 is 0 Å². The smallest absolute Gasteiger partial charge is 0.174 e. The molecule has 0 amide bonds. The standard InChI is InChI=1S/C16H24NO2/c1-17(14-15-6-3-2-4-7-15)10-5-8-16(9-11-17)18-12-13-19-16/h2-4,6-7H,5,8-14H2,1H3/q+1. The summed E-state index contributed by atoms with van der Waals surface area (Å²) in [6, 6.07) is 10.8. The van der Waals surface area contributed by atoms with Gasteiger partial charge in [-0.25, -0.2) is 0 Å². The summed E-state index contributed by atoms with van der Waals surface area (Å²) in [5.41, 5.74) is 1.43. The third-order valence-corrected chi connectivity index (χ3v) is 4.51. The minimum Gasteiger partial charge on any atom is -0.347 e. The average molecular weight is 262 g/mol. The number of ether oxygens (including phenoxy) is 2. The SMILES string of the molecule is C[N+]1(Cc2ccccc2)CCCC2(CC1)OCCO2. The van der Waals surface area contributed by atoms with Gasteiger partial charge in [0.15, 0.2) is 5.79 Å². The van der Waals surface area contributed by atoms with Crippen LogP contribution < -0.4 is 0 Å². The zero-order chi connectivity index (χ0) is 13.2. The molecule has 1 spiro atoms. The molecule has 0 saturated carbocycles. The lowest BCUT2D eigenvalue weighted by molar-refractivity contribution is -0.922. The molecule has 19 heavy (non-hydrogen) atoms. The second kappa shape index (κ2) is 5.23. The first-order valence-electron chi connectivity index (χ1n) is 7.35. The third kappa shape index (κ3) is 2.99. The van der Waals surface area contributed by atoms with Crippen LogP contribution >= 0.6 is 0 Å². The van der Waals surface area contributed by atoms with Crippen molar-refractivity contribution in [2.24, 2.45) is 0 Å². The molecule has 1 atom stereocenters. The highest BCUT2D eigenvalue weighted by molar-refractivity contribution is 5.13. The van der Waals surface area contributed by atoms with Crippen LogP contribution in [0.15, 0.2) is 30.3 Å². The zero-order valence-corrected chi connectivity index (χ0v) is 11.8. The Morgan fingerprint density at radius 1 is 1.05 bits per heavy atom. The molecule has 2 heterocycles. The van der Waals surface area contributed by atoms with Crippen molar-refractivity contribution in [2.75, 3.05) is 33.4 Å². The predicted molar refractivity (Wildman–Crippen MR) is 74.6 cm³/mol. The van der Waals surface area contributed by atoms with E-state index in [0.717, 1.165) is 43.6 Å². The van der Waals surface area contributed by atoms with E-state index in [1.54, 1.807) is 0 Å². The lowest BCUT2D eigenvalue weighted by atomic mass is 10.1. The summed E-state index contributed by atoms with van der Waals surface area (Å²) >= 11 is 0. The summed E-state index contributed by atoms with van der Waals surface area (Å²) in [6.45, 7) is 4.99. The maximum Gasteiger partial charge on any atom is 0.174 e. The van der Waals surface area contributed by atoms with E-state index in [2.05, 4.69) is 37.4 Å². The van der Waals surface area contributed by atoms with Crippen molar-refractivity contribution in [1.29, 1.82) is 0 Å². The maximum absolute atomic E-state index is 5.87. The molecule has 1 unspecified atom stereocenters. The summed E-state index contributed by atoms with van der Waals surface area (Å²) in [7, 11) is 2.36. The molecule has 2 saturated heterocycles. The zero-order valence-electron chi connectivity index (χ0n) is 11.8. The predicted octanol–water partition coefficient (Wildman–Crippen LogP) is 2.56. The number of likely N-dealkylation sites (tertiary alicyclic amines) is 1. The summed E-state index contributed by atoms with van der Waals surface area (Å²) in [4.78, 5) is 0. The molecule has 0 radical (unpaired) electrons. The van der Waals surface area contributed by atoms with Gasteiger partial charge in [0.25, 0.3) is 0 Å². The molecule has 2 aliphatic rings. The second-order valence-electron chi connectivity index (χ2n) is 6.17. The molecular formula is C16H24NO2+. The Labute approximate surface area is 115 Å². The molecule has 3 heteroatoms. The van der Waals surface area contributed by atoms with E-state index in [1.165, 1.54) is 18.5 Å². The largest absolute Gasteiger partial charge is 0.347 e. The number of quaternary nitrogens is 1. The van der Waals surface area contributed by atoms with Crippen LogP contribution in [0.25, 0.3) is 0 Å². The fourth-order valence-electron chi connectivity index (χ4n) is 3.38. The Morgan fingerprint density at radius 3 is 2.53 bits per heavy atom. The minimum atomic E-state index is -0.257. The van der Waals surface area contributed by atoms with E-state index in [1.807, 2.05) is 0 Å². The lowest BCUT2D eigenvalue weighted by Gasteiger charge is -2.34. The van der Waals surface area contributed by atoms with Gasteiger partial charge in [0.05, 0.1) is 39.8 Å². The Kier molecular flexibility index (Phi) is 3.61. The molecule has 3 nitrogen and oxygen atoms in total. The van der Waals surface area contributed by atoms with E-state index in [-0.39, 0.29) is 5.79 Å². The quantitative estimate of drug-likeness (QED) is 0.763. The molecule has 2 aliphatic heterocycles. The van der Waals surface area contributed by atoms with Crippen molar-refractivity contribution in [2.45, 2.75) is 31.6 Å². The van der Waals surface area contributed by atoms with E-state index in [4.69, 9.17) is 9.47 Å². The molecule has 104 valence electrons. The number of benzene rings is 1. The van der Waals surface area contributed by atoms with E-state index in [0.29, 0.717) is 0 Å². The van der Waals surface area contributed by atoms with Crippen molar-refractivity contribution in [1.82, 2.24) is 0 Å². The highest BCUT2D eigenvalue weighted by Crippen LogP contribution is 2.33. The van der Waals surface area contributed by atoms with Crippen LogP contribution in [-0.2, 0) is 16.0 Å². The summed E-state index contributed by atoms with van der Waals surface area (Å²) in [5, 5.41) is 0. The molecule has 0 bridgehead atoms. The van der Waals surface area contributed by atoms with Crippen molar-refractivity contribution in [3.63, 3.8) is 0 Å². The molecule has 0 aliphatic carbocycles. The fourth-order valence-corrected chi connectivity index (χ4v) is 3.38. The Hall–Kier alpha value is -0.900. The normalized spacial score (nSPS) is 30.4. The second-order valence-corrected chi connectivity index (χ2v) is 6.17. The van der Waals surface area contributed by atoms with Crippen LogP contribution in [0.5, 0.6) is 0 Å². The van der Waals surface area contributed by atoms with Gasteiger partial charge in [0, 0.05) is 18.4 Å². The lowest BCUT2D eigenvalue weighted by Crippen LogP contribution is -2.45. The minimum absolute atomic E-state index is 0.257. The monoisotopic (exact) mass is 262 g/mol. The van der Waals surface area contributed by atoms with Gasteiger partial charge in [-0.2, -0.15) is 0 Å². The molecular weight excluding hydrogens is 238 g/mol. The molecule has 0 N–H and O–H groups in total. The van der Waals surface area contributed by atoms with E-state index < -0.39 is 0 Å². The number of rotatable bonds is 2. The van der Waals surface area contributed by atoms with Gasteiger partial charge < -0.3 is 14.0 Å². The number of hydrogen-bond acceptors (Lipinski definition) is 2. The van der Waals surface area contributed by atoms with Gasteiger partial charge in [-0.3, -0.25) is 0 Å². The van der Waals surface area contributed by atoms with Gasteiger partial charge in [0.2, 0.25) is 0 Å². The van der Waals surface area contributed by atoms with Crippen LogP contribution in [0.2, 0.25) is 0 Å². The molecule has 0 aromatic heterocycles. The highest BCUT2D eigenvalue weighted by Gasteiger charge is 2.41. The molecule has 1 aromatic carbocycles. The van der Waals surface area contributed by atoms with Crippen molar-refractivity contribution in [3.8, 4) is 0 Å². The molecule has 2 fully saturated rings. The Morgan fingerprint density at radius 2 is 1.79 bits per heavy atom. The third-order valence-electron chi connectivity index (χ3n) is 4.51. The van der Waals surface area contributed by atoms with E-state index >= 15 is 0 Å². The first kappa shape index (κ1) is 13.1. The van der Waals surface area contributed by atoms with Crippen LogP contribution in [0.4, 0.5) is 0 Å². The van der Waals surface area contributed by atoms with Crippen LogP contribution in [0.1, 0.15) is 24.8 Å². The number of nitrogens with zero attached hydrogens (tertiary/aromatic N) is 1. The Balaban J connectivity index is 1.68. The summed E-state index contributed by atoms with van der Waals surface area (Å²) < 4.78 is 12.8. The Bertz CT molecular complexity index is 414. The highest BCUT2D eigenvalue weighted by atomic mass is 16.7. The average Bonchev–Trinajstić information content (AvgIpc) is 2.80. The van der Waals surface area contributed by atoms with Crippen LogP contribution in [-0.4, -0.2) is 43.6 Å². The molecule has 1 aromatic rings. The topological polar surface area (TPSA) is 18.5 Å².